The van der Waals surface area contributed by atoms with Gasteiger partial charge in [-0.2, -0.15) is 5.10 Å². The summed E-state index contributed by atoms with van der Waals surface area (Å²) in [6.45, 7) is 8.49. The molecule has 0 unspecified atom stereocenters. The number of pyridine rings is 2. The molecule has 0 aliphatic carbocycles. The zero-order valence-corrected chi connectivity index (χ0v) is 24.7. The summed E-state index contributed by atoms with van der Waals surface area (Å²) in [5, 5.41) is 7.51. The second-order valence-electron chi connectivity index (χ2n) is 11.2. The van der Waals surface area contributed by atoms with Crippen molar-refractivity contribution in [2.45, 2.75) is 39.7 Å². The Kier molecular flexibility index (Phi) is 7.26. The first-order chi connectivity index (χ1) is 20.7. The van der Waals surface area contributed by atoms with E-state index in [4.69, 9.17) is 19.2 Å². The number of hydrogen-bond acceptors (Lipinski definition) is 10. The lowest BCUT2D eigenvalue weighted by atomic mass is 10.0. The first-order valence-electron chi connectivity index (χ1n) is 13.9. The fraction of sp³-hybridized carbons (Fsp3) is 0.290. The summed E-state index contributed by atoms with van der Waals surface area (Å²) >= 11 is 0. The average Bonchev–Trinajstić information content (AvgIpc) is 3.45. The first-order valence-corrected chi connectivity index (χ1v) is 13.9. The van der Waals surface area contributed by atoms with Gasteiger partial charge in [0, 0.05) is 37.1 Å². The maximum atomic E-state index is 12.5. The van der Waals surface area contributed by atoms with Gasteiger partial charge in [0.05, 0.1) is 12.6 Å². The minimum absolute atomic E-state index is 0.329. The van der Waals surface area contributed by atoms with E-state index in [0.29, 0.717) is 59.2 Å². The minimum Gasteiger partial charge on any atom is -0.494 e. The molecular weight excluding hydrogens is 548 g/mol. The highest BCUT2D eigenvalue weighted by Gasteiger charge is 2.25. The number of carbonyl (C=O) groups excluding carboxylic acids is 1. The third-order valence-corrected chi connectivity index (χ3v) is 6.88. The Balaban J connectivity index is 1.24. The quantitative estimate of drug-likeness (QED) is 0.257. The van der Waals surface area contributed by atoms with Crippen molar-refractivity contribution in [2.75, 3.05) is 25.5 Å². The maximum absolute atomic E-state index is 12.5. The van der Waals surface area contributed by atoms with Crippen molar-refractivity contribution in [3.05, 3.63) is 72.6 Å². The van der Waals surface area contributed by atoms with Crippen LogP contribution in [0.25, 0.3) is 22.3 Å². The molecule has 6 rings (SSSR count). The molecule has 0 saturated heterocycles. The second kappa shape index (κ2) is 11.2. The molecule has 0 radical (unpaired) electrons. The highest BCUT2D eigenvalue weighted by atomic mass is 16.6. The van der Waals surface area contributed by atoms with Gasteiger partial charge in [0.2, 0.25) is 0 Å². The van der Waals surface area contributed by atoms with Gasteiger partial charge >= 0.3 is 6.09 Å². The molecule has 1 aliphatic rings. The lowest BCUT2D eigenvalue weighted by Crippen LogP contribution is -2.39. The van der Waals surface area contributed by atoms with E-state index in [-0.39, 0.29) is 6.09 Å². The predicted molar refractivity (Wildman–Crippen MR) is 162 cm³/mol. The molecule has 220 valence electrons. The Morgan fingerprint density at radius 1 is 1.02 bits per heavy atom. The monoisotopic (exact) mass is 580 g/mol. The van der Waals surface area contributed by atoms with E-state index in [1.807, 2.05) is 70.2 Å². The number of ether oxygens (including phenoxy) is 3. The second-order valence-corrected chi connectivity index (χ2v) is 11.2. The Morgan fingerprint density at radius 3 is 2.63 bits per heavy atom. The van der Waals surface area contributed by atoms with Crippen molar-refractivity contribution in [2.24, 2.45) is 0 Å². The summed E-state index contributed by atoms with van der Waals surface area (Å²) in [6.07, 6.45) is 7.07. The average molecular weight is 581 g/mol. The molecule has 0 spiro atoms. The van der Waals surface area contributed by atoms with Gasteiger partial charge in [-0.25, -0.2) is 29.2 Å². The van der Waals surface area contributed by atoms with E-state index in [2.05, 4.69) is 25.4 Å². The third-order valence-electron chi connectivity index (χ3n) is 6.88. The summed E-state index contributed by atoms with van der Waals surface area (Å²) in [5.41, 5.74) is 4.84. The number of benzene rings is 1. The number of fused-ring (bicyclic) bond motifs is 2. The van der Waals surface area contributed by atoms with Gasteiger partial charge in [-0.15, -0.1) is 0 Å². The lowest BCUT2D eigenvalue weighted by molar-refractivity contribution is 0.0270. The molecule has 43 heavy (non-hydrogen) atoms. The maximum Gasteiger partial charge on any atom is 0.410 e. The van der Waals surface area contributed by atoms with Crippen molar-refractivity contribution in [1.82, 2.24) is 34.4 Å². The molecule has 1 amide bonds. The van der Waals surface area contributed by atoms with Crippen LogP contribution in [0, 0.1) is 6.92 Å². The number of anilines is 2. The molecule has 0 atom stereocenters. The van der Waals surface area contributed by atoms with Gasteiger partial charge in [0.25, 0.3) is 0 Å². The number of nitrogens with zero attached hydrogens (tertiary/aromatic N) is 7. The van der Waals surface area contributed by atoms with E-state index in [1.165, 1.54) is 12.7 Å². The van der Waals surface area contributed by atoms with Crippen molar-refractivity contribution in [1.29, 1.82) is 0 Å². The van der Waals surface area contributed by atoms with Crippen LogP contribution in [-0.4, -0.2) is 66.3 Å². The molecule has 0 fully saturated rings. The van der Waals surface area contributed by atoms with Crippen LogP contribution < -0.4 is 14.8 Å². The normalized spacial score (nSPS) is 13.6. The molecule has 12 heteroatoms. The number of aromatic nitrogens is 6. The number of rotatable bonds is 6. The molecule has 4 aromatic heterocycles. The van der Waals surface area contributed by atoms with E-state index >= 15 is 0 Å². The number of hydrogen-bond donors (Lipinski definition) is 1. The van der Waals surface area contributed by atoms with E-state index in [9.17, 15) is 4.79 Å². The molecular formula is C31H32N8O4. The summed E-state index contributed by atoms with van der Waals surface area (Å²) in [6, 6.07) is 11.3. The Bertz CT molecular complexity index is 1860. The zero-order chi connectivity index (χ0) is 30.1. The van der Waals surface area contributed by atoms with Crippen molar-refractivity contribution in [3.63, 3.8) is 0 Å². The Hall–Kier alpha value is -5.26. The van der Waals surface area contributed by atoms with Crippen LogP contribution in [0.4, 0.5) is 16.3 Å². The van der Waals surface area contributed by atoms with Gasteiger partial charge in [-0.05, 0) is 69.5 Å². The van der Waals surface area contributed by atoms with Crippen LogP contribution >= 0.6 is 0 Å². The summed E-state index contributed by atoms with van der Waals surface area (Å²) in [7, 11) is 1.61. The molecule has 12 nitrogen and oxygen atoms in total. The summed E-state index contributed by atoms with van der Waals surface area (Å²) < 4.78 is 19.0. The van der Waals surface area contributed by atoms with Gasteiger partial charge < -0.3 is 24.4 Å². The predicted octanol–water partition coefficient (Wildman–Crippen LogP) is 5.94. The molecule has 5 heterocycles. The topological polar surface area (TPSA) is 129 Å². The summed E-state index contributed by atoms with van der Waals surface area (Å²) in [5.74, 6) is 2.56. The minimum atomic E-state index is -0.549. The fourth-order valence-corrected chi connectivity index (χ4v) is 4.79. The molecule has 0 saturated carbocycles. The molecule has 1 aromatic carbocycles. The smallest absolute Gasteiger partial charge is 0.410 e. The number of amides is 1. The van der Waals surface area contributed by atoms with Crippen LogP contribution in [0.1, 0.15) is 38.4 Å². The fourth-order valence-electron chi connectivity index (χ4n) is 4.79. The van der Waals surface area contributed by atoms with Crippen molar-refractivity contribution < 1.29 is 19.0 Å². The lowest BCUT2D eigenvalue weighted by Gasteiger charge is -2.29. The third kappa shape index (κ3) is 6.03. The zero-order valence-electron chi connectivity index (χ0n) is 24.7. The van der Waals surface area contributed by atoms with Crippen LogP contribution in [0.2, 0.25) is 0 Å². The first kappa shape index (κ1) is 27.9. The van der Waals surface area contributed by atoms with Gasteiger partial charge in [0.15, 0.2) is 11.5 Å². The molecule has 1 N–H and O–H groups in total. The van der Waals surface area contributed by atoms with Crippen LogP contribution in [0.5, 0.6) is 17.2 Å². The van der Waals surface area contributed by atoms with Crippen LogP contribution in [0.3, 0.4) is 0 Å². The molecule has 1 aliphatic heterocycles. The van der Waals surface area contributed by atoms with Crippen LogP contribution in [-0.2, 0) is 4.74 Å². The SMILES string of the molecule is COc1cc2ncnc(Nc3ccc(Oc4ccn5ncnc5c4)c(C)c3)c2nc1C1=CCN(C(=O)OC(C)(C)C)CC1. The van der Waals surface area contributed by atoms with Gasteiger partial charge in [-0.1, -0.05) is 6.08 Å². The number of carbonyl (C=O) groups is 1. The van der Waals surface area contributed by atoms with Crippen LogP contribution in [0.15, 0.2) is 61.3 Å². The number of aryl methyl sites for hydroxylation is 1. The Morgan fingerprint density at radius 2 is 1.88 bits per heavy atom. The van der Waals surface area contributed by atoms with E-state index in [0.717, 1.165) is 22.6 Å². The molecule has 0 bridgehead atoms. The number of nitrogens with one attached hydrogen (secondary N) is 1. The summed E-state index contributed by atoms with van der Waals surface area (Å²) in [4.78, 5) is 32.3. The Labute approximate surface area is 248 Å². The van der Waals surface area contributed by atoms with E-state index in [1.54, 1.807) is 22.7 Å². The standard InChI is InChI=1S/C31H32N8O4/c1-19-14-21(6-7-24(19)42-22-10-13-39-26(15-22)33-18-35-39)36-29-28-23(32-17-34-29)16-25(41-5)27(37-28)20-8-11-38(12-9-20)30(40)43-31(2,3)4/h6-8,10,13-18H,9,11-12H2,1-5H3,(H,32,34,36). The van der Waals surface area contributed by atoms with Crippen molar-refractivity contribution in [3.8, 4) is 17.2 Å². The van der Waals surface area contributed by atoms with Gasteiger partial charge in [-0.3, -0.25) is 0 Å². The molecule has 5 aromatic rings. The van der Waals surface area contributed by atoms with E-state index < -0.39 is 5.60 Å². The van der Waals surface area contributed by atoms with Crippen molar-refractivity contribution >= 4 is 39.9 Å². The number of methoxy groups -OCH3 is 1. The van der Waals surface area contributed by atoms with Gasteiger partial charge in [0.1, 0.15) is 46.7 Å². The highest BCUT2D eigenvalue weighted by molar-refractivity contribution is 5.90. The highest BCUT2D eigenvalue weighted by Crippen LogP contribution is 2.34. The largest absolute Gasteiger partial charge is 0.494 e.